The van der Waals surface area contributed by atoms with Gasteiger partial charge in [-0.05, 0) is 36.2 Å². The molecular weight excluding hydrogens is 213 g/mol. The lowest BCUT2D eigenvalue weighted by Crippen LogP contribution is -2.15. The summed E-state index contributed by atoms with van der Waals surface area (Å²) in [7, 11) is 0. The van der Waals surface area contributed by atoms with E-state index in [2.05, 4.69) is 12.1 Å². The van der Waals surface area contributed by atoms with Gasteiger partial charge in [-0.3, -0.25) is 0 Å². The van der Waals surface area contributed by atoms with Crippen LogP contribution in [0.4, 0.5) is 4.39 Å². The van der Waals surface area contributed by atoms with E-state index in [1.807, 2.05) is 24.3 Å². The van der Waals surface area contributed by atoms with Gasteiger partial charge in [0.1, 0.15) is 5.82 Å². The number of halogens is 1. The van der Waals surface area contributed by atoms with Gasteiger partial charge in [0.2, 0.25) is 0 Å². The molecule has 0 aliphatic heterocycles. The third kappa shape index (κ3) is 3.14. The highest BCUT2D eigenvalue weighted by Crippen LogP contribution is 2.20. The van der Waals surface area contributed by atoms with Crippen LogP contribution in [0.5, 0.6) is 0 Å². The molecule has 0 amide bonds. The molecule has 88 valence electrons. The first-order valence-corrected chi connectivity index (χ1v) is 5.79. The van der Waals surface area contributed by atoms with Gasteiger partial charge in [-0.15, -0.1) is 0 Å². The minimum atomic E-state index is -0.200. The van der Waals surface area contributed by atoms with Gasteiger partial charge in [-0.25, -0.2) is 4.39 Å². The Labute approximate surface area is 101 Å². The summed E-state index contributed by atoms with van der Waals surface area (Å²) in [6, 6.07) is 16.8. The van der Waals surface area contributed by atoms with Crippen molar-refractivity contribution in [2.45, 2.75) is 12.3 Å². The number of nitrogens with two attached hydrogens (primary N) is 1. The third-order valence-electron chi connectivity index (χ3n) is 2.93. The SMILES string of the molecule is NCC(Cc1ccccc1)c1cccc(F)c1. The Balaban J connectivity index is 2.17. The second-order valence-corrected chi connectivity index (χ2v) is 4.18. The van der Waals surface area contributed by atoms with Gasteiger partial charge in [0, 0.05) is 5.92 Å². The van der Waals surface area contributed by atoms with E-state index in [9.17, 15) is 4.39 Å². The Hall–Kier alpha value is -1.67. The molecule has 0 heterocycles. The molecule has 2 aromatic rings. The van der Waals surface area contributed by atoms with Gasteiger partial charge in [0.25, 0.3) is 0 Å². The minimum absolute atomic E-state index is 0.174. The third-order valence-corrected chi connectivity index (χ3v) is 2.93. The molecule has 2 heteroatoms. The Morgan fingerprint density at radius 1 is 1.00 bits per heavy atom. The van der Waals surface area contributed by atoms with Crippen molar-refractivity contribution in [2.24, 2.45) is 5.73 Å². The molecule has 0 fully saturated rings. The number of hydrogen-bond acceptors (Lipinski definition) is 1. The zero-order chi connectivity index (χ0) is 12.1. The molecule has 0 radical (unpaired) electrons. The molecule has 1 nitrogen and oxygen atoms in total. The summed E-state index contributed by atoms with van der Waals surface area (Å²) in [4.78, 5) is 0. The van der Waals surface area contributed by atoms with Crippen molar-refractivity contribution in [3.63, 3.8) is 0 Å². The summed E-state index contributed by atoms with van der Waals surface area (Å²) in [6.07, 6.45) is 0.848. The second kappa shape index (κ2) is 5.60. The maximum Gasteiger partial charge on any atom is 0.123 e. The average molecular weight is 229 g/mol. The quantitative estimate of drug-likeness (QED) is 0.856. The van der Waals surface area contributed by atoms with Gasteiger partial charge < -0.3 is 5.73 Å². The highest BCUT2D eigenvalue weighted by Gasteiger charge is 2.10. The molecule has 0 aliphatic carbocycles. The van der Waals surface area contributed by atoms with Gasteiger partial charge in [-0.1, -0.05) is 42.5 Å². The molecule has 2 aromatic carbocycles. The van der Waals surface area contributed by atoms with Crippen LogP contribution in [0.1, 0.15) is 17.0 Å². The zero-order valence-electron chi connectivity index (χ0n) is 9.64. The van der Waals surface area contributed by atoms with Crippen molar-refractivity contribution in [1.82, 2.24) is 0 Å². The molecule has 0 saturated heterocycles. The largest absolute Gasteiger partial charge is 0.330 e. The Morgan fingerprint density at radius 3 is 2.41 bits per heavy atom. The molecule has 0 spiro atoms. The van der Waals surface area contributed by atoms with Crippen molar-refractivity contribution >= 4 is 0 Å². The van der Waals surface area contributed by atoms with Crippen LogP contribution >= 0.6 is 0 Å². The Morgan fingerprint density at radius 2 is 1.76 bits per heavy atom. The lowest BCUT2D eigenvalue weighted by molar-refractivity contribution is 0.616. The Bertz CT molecular complexity index is 467. The van der Waals surface area contributed by atoms with Crippen LogP contribution < -0.4 is 5.73 Å². The van der Waals surface area contributed by atoms with E-state index in [1.54, 1.807) is 12.1 Å². The second-order valence-electron chi connectivity index (χ2n) is 4.18. The first-order valence-electron chi connectivity index (χ1n) is 5.79. The monoisotopic (exact) mass is 229 g/mol. The summed E-state index contributed by atoms with van der Waals surface area (Å²) < 4.78 is 13.2. The number of rotatable bonds is 4. The Kier molecular flexibility index (Phi) is 3.89. The predicted molar refractivity (Wildman–Crippen MR) is 68.3 cm³/mol. The normalized spacial score (nSPS) is 12.4. The summed E-state index contributed by atoms with van der Waals surface area (Å²) >= 11 is 0. The standard InChI is InChI=1S/C15H16FN/c16-15-8-4-7-13(10-15)14(11-17)9-12-5-2-1-3-6-12/h1-8,10,14H,9,11,17H2. The molecule has 2 N–H and O–H groups in total. The van der Waals surface area contributed by atoms with Crippen molar-refractivity contribution in [3.8, 4) is 0 Å². The summed E-state index contributed by atoms with van der Waals surface area (Å²) in [5.41, 5.74) is 7.98. The fraction of sp³-hybridized carbons (Fsp3) is 0.200. The fourth-order valence-electron chi connectivity index (χ4n) is 2.00. The fourth-order valence-corrected chi connectivity index (χ4v) is 2.00. The number of benzene rings is 2. The van der Waals surface area contributed by atoms with Gasteiger partial charge in [-0.2, -0.15) is 0 Å². The van der Waals surface area contributed by atoms with Crippen molar-refractivity contribution in [1.29, 1.82) is 0 Å². The lowest BCUT2D eigenvalue weighted by atomic mass is 9.92. The molecule has 2 rings (SSSR count). The first-order chi connectivity index (χ1) is 8.29. The van der Waals surface area contributed by atoms with E-state index >= 15 is 0 Å². The first kappa shape index (κ1) is 11.8. The smallest absolute Gasteiger partial charge is 0.123 e. The summed E-state index contributed by atoms with van der Waals surface area (Å²) in [6.45, 7) is 0.526. The minimum Gasteiger partial charge on any atom is -0.330 e. The van der Waals surface area contributed by atoms with Crippen molar-refractivity contribution in [3.05, 3.63) is 71.5 Å². The number of hydrogen-bond donors (Lipinski definition) is 1. The van der Waals surface area contributed by atoms with Crippen LogP contribution in [0, 0.1) is 5.82 Å². The van der Waals surface area contributed by atoms with E-state index in [1.165, 1.54) is 11.6 Å². The van der Waals surface area contributed by atoms with Crippen LogP contribution in [-0.2, 0) is 6.42 Å². The topological polar surface area (TPSA) is 26.0 Å². The van der Waals surface area contributed by atoms with Crippen LogP contribution in [0.3, 0.4) is 0 Å². The van der Waals surface area contributed by atoms with E-state index < -0.39 is 0 Å². The molecule has 0 aromatic heterocycles. The molecule has 17 heavy (non-hydrogen) atoms. The average Bonchev–Trinajstić information content (AvgIpc) is 2.37. The highest BCUT2D eigenvalue weighted by atomic mass is 19.1. The van der Waals surface area contributed by atoms with Gasteiger partial charge >= 0.3 is 0 Å². The summed E-state index contributed by atoms with van der Waals surface area (Å²) in [5, 5.41) is 0. The lowest BCUT2D eigenvalue weighted by Gasteiger charge is -2.15. The molecule has 1 atom stereocenters. The van der Waals surface area contributed by atoms with E-state index in [-0.39, 0.29) is 11.7 Å². The molecule has 0 bridgehead atoms. The highest BCUT2D eigenvalue weighted by molar-refractivity contribution is 5.25. The van der Waals surface area contributed by atoms with Gasteiger partial charge in [0.05, 0.1) is 0 Å². The van der Waals surface area contributed by atoms with Crippen molar-refractivity contribution < 1.29 is 4.39 Å². The van der Waals surface area contributed by atoms with E-state index in [0.29, 0.717) is 6.54 Å². The van der Waals surface area contributed by atoms with E-state index in [4.69, 9.17) is 5.73 Å². The maximum atomic E-state index is 13.2. The van der Waals surface area contributed by atoms with Crippen LogP contribution in [0.15, 0.2) is 54.6 Å². The zero-order valence-corrected chi connectivity index (χ0v) is 9.64. The van der Waals surface area contributed by atoms with Crippen molar-refractivity contribution in [2.75, 3.05) is 6.54 Å². The van der Waals surface area contributed by atoms with Crippen LogP contribution in [-0.4, -0.2) is 6.54 Å². The molecule has 1 unspecified atom stereocenters. The predicted octanol–water partition coefficient (Wildman–Crippen LogP) is 3.11. The van der Waals surface area contributed by atoms with E-state index in [0.717, 1.165) is 12.0 Å². The maximum absolute atomic E-state index is 13.2. The molecule has 0 saturated carbocycles. The van der Waals surface area contributed by atoms with Gasteiger partial charge in [0.15, 0.2) is 0 Å². The van der Waals surface area contributed by atoms with Crippen LogP contribution in [0.25, 0.3) is 0 Å². The molecular formula is C15H16FN. The summed E-state index contributed by atoms with van der Waals surface area (Å²) in [5.74, 6) is -0.0258. The van der Waals surface area contributed by atoms with Crippen LogP contribution in [0.2, 0.25) is 0 Å². The molecule has 0 aliphatic rings.